The van der Waals surface area contributed by atoms with Crippen molar-refractivity contribution in [2.75, 3.05) is 26.2 Å². The van der Waals surface area contributed by atoms with Crippen LogP contribution in [0, 0.1) is 28.2 Å². The molecule has 1 aliphatic rings. The van der Waals surface area contributed by atoms with E-state index in [0.29, 0.717) is 24.0 Å². The minimum atomic E-state index is -2.45. The van der Waals surface area contributed by atoms with Crippen molar-refractivity contribution in [3.05, 3.63) is 85.5 Å². The SMILES string of the molecule is CCCC(O)(O)O.[CH2-]CC(C[CH2-])c1ccc(OCCN2CCC(C(C)=O)(c3cc(Cl)ccc3C)CC2)cc1.[CH3-].[K+]. The summed E-state index contributed by atoms with van der Waals surface area (Å²) in [6.07, 6.45) is 3.91. The number of carbonyl (C=O) groups is 1. The zero-order valence-electron chi connectivity index (χ0n) is 25.1. The van der Waals surface area contributed by atoms with Gasteiger partial charge in [0.2, 0.25) is 0 Å². The van der Waals surface area contributed by atoms with Crippen LogP contribution in [0.15, 0.2) is 42.5 Å². The molecule has 3 rings (SSSR count). The predicted molar refractivity (Wildman–Crippen MR) is 160 cm³/mol. The van der Waals surface area contributed by atoms with Crippen molar-refractivity contribution in [3.63, 3.8) is 0 Å². The monoisotopic (exact) mass is 599 g/mol. The van der Waals surface area contributed by atoms with Gasteiger partial charge in [-0.05, 0) is 87.2 Å². The molecule has 0 bridgehead atoms. The van der Waals surface area contributed by atoms with Crippen LogP contribution in [-0.4, -0.2) is 58.2 Å². The molecule has 1 saturated heterocycles. The van der Waals surface area contributed by atoms with E-state index in [0.717, 1.165) is 62.2 Å². The van der Waals surface area contributed by atoms with Crippen molar-refractivity contribution in [2.24, 2.45) is 0 Å². The fourth-order valence-electron chi connectivity index (χ4n) is 5.02. The standard InChI is InChI=1S/C27H34ClNO2.C4H10O3.CH3.K/c1-5-22(6-2)23-8-11-25(12-9-23)31-18-17-29-15-13-27(14-16-29,21(4)30)26-19-24(28)10-7-20(26)3;1-2-3-4(5,6)7;;/h7-12,19,22H,1-2,5-6,13-18H2,3-4H3;5-7H,2-3H2,1H3;1H3;/q-2;;-1;+1. The number of aliphatic hydroxyl groups is 3. The minimum Gasteiger partial charge on any atom is -0.492 e. The van der Waals surface area contributed by atoms with E-state index < -0.39 is 11.4 Å². The van der Waals surface area contributed by atoms with Gasteiger partial charge in [-0.3, -0.25) is 9.69 Å². The molecule has 40 heavy (non-hydrogen) atoms. The molecule has 1 heterocycles. The fourth-order valence-corrected chi connectivity index (χ4v) is 5.19. The molecule has 2 aromatic rings. The van der Waals surface area contributed by atoms with Crippen LogP contribution in [0.25, 0.3) is 0 Å². The number of ketones is 1. The Bertz CT molecular complexity index is 997. The Balaban J connectivity index is 0.00000150. The summed E-state index contributed by atoms with van der Waals surface area (Å²) in [5.41, 5.74) is 3.07. The molecular formula is C32H47ClKNO5-2. The molecule has 1 fully saturated rings. The third-order valence-corrected chi connectivity index (χ3v) is 7.64. The first kappa shape index (κ1) is 39.7. The maximum atomic E-state index is 12.7. The summed E-state index contributed by atoms with van der Waals surface area (Å²) < 4.78 is 5.97. The second-order valence-corrected chi connectivity index (χ2v) is 10.6. The number of piperidine rings is 1. The van der Waals surface area contributed by atoms with Crippen molar-refractivity contribution in [3.8, 4) is 5.75 Å². The Morgan fingerprint density at radius 1 is 1.10 bits per heavy atom. The average molecular weight is 600 g/mol. The first-order valence-corrected chi connectivity index (χ1v) is 13.8. The summed E-state index contributed by atoms with van der Waals surface area (Å²) in [5, 5.41) is 25.1. The second-order valence-electron chi connectivity index (χ2n) is 10.2. The van der Waals surface area contributed by atoms with Gasteiger partial charge in [0.15, 0.2) is 0 Å². The molecule has 0 spiro atoms. The van der Waals surface area contributed by atoms with Gasteiger partial charge in [0, 0.05) is 18.0 Å². The zero-order valence-corrected chi connectivity index (χ0v) is 29.0. The number of nitrogens with zero attached hydrogens (tertiary/aromatic N) is 1. The fraction of sp³-hybridized carbons (Fsp3) is 0.500. The Morgan fingerprint density at radius 3 is 2.12 bits per heavy atom. The molecule has 0 unspecified atom stereocenters. The summed E-state index contributed by atoms with van der Waals surface area (Å²) in [7, 11) is 0. The van der Waals surface area contributed by atoms with Crippen molar-refractivity contribution < 1.29 is 76.2 Å². The van der Waals surface area contributed by atoms with Crippen LogP contribution in [0.1, 0.15) is 75.0 Å². The van der Waals surface area contributed by atoms with E-state index in [1.54, 1.807) is 13.8 Å². The molecule has 0 aromatic heterocycles. The largest absolute Gasteiger partial charge is 1.00 e. The van der Waals surface area contributed by atoms with E-state index in [9.17, 15) is 4.79 Å². The quantitative estimate of drug-likeness (QED) is 0.209. The summed E-state index contributed by atoms with van der Waals surface area (Å²) in [5.74, 6) is -0.918. The number of benzene rings is 2. The van der Waals surface area contributed by atoms with E-state index in [-0.39, 0.29) is 71.0 Å². The molecular weight excluding hydrogens is 553 g/mol. The molecule has 0 aliphatic carbocycles. The van der Waals surface area contributed by atoms with E-state index in [4.69, 9.17) is 31.7 Å². The van der Waals surface area contributed by atoms with Crippen LogP contribution >= 0.6 is 11.6 Å². The number of ether oxygens (including phenoxy) is 1. The molecule has 1 aliphatic heterocycles. The van der Waals surface area contributed by atoms with Crippen LogP contribution in [0.3, 0.4) is 0 Å². The molecule has 3 N–H and O–H groups in total. The van der Waals surface area contributed by atoms with Gasteiger partial charge in [-0.15, -0.1) is 0 Å². The molecule has 0 saturated carbocycles. The number of Topliss-reactive ketones (excluding diaryl/α,β-unsaturated/α-hetero) is 1. The summed E-state index contributed by atoms with van der Waals surface area (Å²) in [4.78, 5) is 15.1. The van der Waals surface area contributed by atoms with Crippen LogP contribution in [0.2, 0.25) is 5.02 Å². The van der Waals surface area contributed by atoms with Gasteiger partial charge in [-0.1, -0.05) is 42.6 Å². The third-order valence-electron chi connectivity index (χ3n) is 7.41. The molecule has 2 aromatic carbocycles. The number of hydrogen-bond donors (Lipinski definition) is 3. The minimum absolute atomic E-state index is 0. The first-order chi connectivity index (χ1) is 18.0. The van der Waals surface area contributed by atoms with Gasteiger partial charge in [0.05, 0.1) is 5.41 Å². The normalized spacial score (nSPS) is 14.8. The molecule has 6 nitrogen and oxygen atoms in total. The van der Waals surface area contributed by atoms with Gasteiger partial charge < -0.3 is 41.3 Å². The van der Waals surface area contributed by atoms with E-state index in [2.05, 4.69) is 37.8 Å². The van der Waals surface area contributed by atoms with Crippen LogP contribution in [0.4, 0.5) is 0 Å². The number of halogens is 1. The molecule has 8 heteroatoms. The zero-order chi connectivity index (χ0) is 28.3. The van der Waals surface area contributed by atoms with Gasteiger partial charge in [0.1, 0.15) is 18.1 Å². The second kappa shape index (κ2) is 19.1. The number of aryl methyl sites for hydroxylation is 1. The summed E-state index contributed by atoms with van der Waals surface area (Å²) in [6, 6.07) is 14.2. The predicted octanol–water partition coefficient (Wildman–Crippen LogP) is 3.05. The van der Waals surface area contributed by atoms with E-state index >= 15 is 0 Å². The Morgan fingerprint density at radius 2 is 1.68 bits per heavy atom. The van der Waals surface area contributed by atoms with Gasteiger partial charge in [0.25, 0.3) is 5.97 Å². The average Bonchev–Trinajstić information content (AvgIpc) is 2.87. The van der Waals surface area contributed by atoms with Crippen molar-refractivity contribution in [1.82, 2.24) is 4.90 Å². The maximum absolute atomic E-state index is 12.7. The van der Waals surface area contributed by atoms with Gasteiger partial charge in [-0.2, -0.15) is 12.8 Å². The Kier molecular flexibility index (Phi) is 18.9. The van der Waals surface area contributed by atoms with E-state index in [1.807, 2.05) is 30.3 Å². The van der Waals surface area contributed by atoms with Crippen molar-refractivity contribution >= 4 is 17.4 Å². The molecule has 220 valence electrons. The molecule has 0 atom stereocenters. The number of hydrogen-bond acceptors (Lipinski definition) is 6. The summed E-state index contributed by atoms with van der Waals surface area (Å²) in [6.45, 7) is 16.8. The maximum Gasteiger partial charge on any atom is 1.00 e. The van der Waals surface area contributed by atoms with Crippen LogP contribution in [0.5, 0.6) is 5.75 Å². The topological polar surface area (TPSA) is 90.2 Å². The van der Waals surface area contributed by atoms with Gasteiger partial charge >= 0.3 is 51.4 Å². The van der Waals surface area contributed by atoms with Gasteiger partial charge in [-0.25, -0.2) is 0 Å². The first-order valence-electron chi connectivity index (χ1n) is 13.4. The van der Waals surface area contributed by atoms with Crippen LogP contribution in [-0.2, 0) is 10.2 Å². The molecule has 0 radical (unpaired) electrons. The smallest absolute Gasteiger partial charge is 0.492 e. The van der Waals surface area contributed by atoms with E-state index in [1.165, 1.54) is 5.56 Å². The van der Waals surface area contributed by atoms with Crippen molar-refractivity contribution in [1.29, 1.82) is 0 Å². The number of carbonyl (C=O) groups excluding carboxylic acids is 1. The van der Waals surface area contributed by atoms with Crippen LogP contribution < -0.4 is 56.1 Å². The van der Waals surface area contributed by atoms with Crippen molar-refractivity contribution in [2.45, 2.75) is 76.6 Å². The number of rotatable bonds is 11. The third kappa shape index (κ3) is 12.1. The Hall–Kier alpha value is -0.324. The number of likely N-dealkylation sites (tertiary alicyclic amines) is 1. The molecule has 0 amide bonds. The Labute approximate surface area is 289 Å². The summed E-state index contributed by atoms with van der Waals surface area (Å²) >= 11 is 6.26.